The van der Waals surface area contributed by atoms with Gasteiger partial charge in [0.25, 0.3) is 5.91 Å². The van der Waals surface area contributed by atoms with Crippen LogP contribution in [0.5, 0.6) is 0 Å². The van der Waals surface area contributed by atoms with E-state index in [0.29, 0.717) is 18.8 Å². The molecule has 126 valence electrons. The molecule has 7 nitrogen and oxygen atoms in total. The second-order valence-corrected chi connectivity index (χ2v) is 5.72. The van der Waals surface area contributed by atoms with E-state index in [4.69, 9.17) is 0 Å². The molecule has 0 spiro atoms. The van der Waals surface area contributed by atoms with Crippen molar-refractivity contribution in [1.29, 1.82) is 0 Å². The molecular weight excluding hydrogens is 306 g/mol. The van der Waals surface area contributed by atoms with Crippen molar-refractivity contribution in [3.63, 3.8) is 0 Å². The summed E-state index contributed by atoms with van der Waals surface area (Å²) in [6, 6.07) is 9.71. The minimum atomic E-state index is -0.243. The van der Waals surface area contributed by atoms with E-state index in [1.807, 2.05) is 30.3 Å². The van der Waals surface area contributed by atoms with E-state index < -0.39 is 0 Å². The minimum absolute atomic E-state index is 0.0927. The van der Waals surface area contributed by atoms with Gasteiger partial charge in [-0.15, -0.1) is 0 Å². The zero-order valence-electron chi connectivity index (χ0n) is 13.4. The van der Waals surface area contributed by atoms with Gasteiger partial charge in [-0.1, -0.05) is 30.3 Å². The first-order valence-corrected chi connectivity index (χ1v) is 8.09. The van der Waals surface area contributed by atoms with Gasteiger partial charge in [-0.05, 0) is 5.56 Å². The first kappa shape index (κ1) is 16.2. The van der Waals surface area contributed by atoms with Crippen LogP contribution < -0.4 is 16.0 Å². The highest BCUT2D eigenvalue weighted by Crippen LogP contribution is 2.14. The Morgan fingerprint density at radius 1 is 1.17 bits per heavy atom. The van der Waals surface area contributed by atoms with Gasteiger partial charge in [0.1, 0.15) is 0 Å². The normalized spacial score (nSPS) is 13.2. The Hall–Kier alpha value is -2.67. The molecule has 1 aromatic carbocycles. The molecule has 0 saturated heterocycles. The highest BCUT2D eigenvalue weighted by atomic mass is 16.2. The summed E-state index contributed by atoms with van der Waals surface area (Å²) in [5.74, 6) is -0.336. The topological polar surface area (TPSA) is 98.9 Å². The molecule has 7 heteroatoms. The van der Waals surface area contributed by atoms with E-state index in [-0.39, 0.29) is 24.8 Å². The lowest BCUT2D eigenvalue weighted by Crippen LogP contribution is -2.32. The molecule has 0 unspecified atom stereocenters. The predicted octanol–water partition coefficient (Wildman–Crippen LogP) is 0.492. The maximum absolute atomic E-state index is 12.2. The van der Waals surface area contributed by atoms with E-state index in [0.717, 1.165) is 29.8 Å². The molecule has 2 amide bonds. The van der Waals surface area contributed by atoms with Crippen LogP contribution in [0.25, 0.3) is 0 Å². The van der Waals surface area contributed by atoms with Crippen molar-refractivity contribution < 1.29 is 9.59 Å². The first-order valence-electron chi connectivity index (χ1n) is 8.09. The summed E-state index contributed by atoms with van der Waals surface area (Å²) < 4.78 is 0. The van der Waals surface area contributed by atoms with Gasteiger partial charge >= 0.3 is 0 Å². The highest BCUT2D eigenvalue weighted by Gasteiger charge is 2.21. The van der Waals surface area contributed by atoms with Crippen LogP contribution in [0.15, 0.2) is 30.3 Å². The highest BCUT2D eigenvalue weighted by molar-refractivity contribution is 5.94. The number of carbonyl (C=O) groups excluding carboxylic acids is 2. The van der Waals surface area contributed by atoms with Crippen LogP contribution in [0.4, 0.5) is 0 Å². The number of H-pyrrole nitrogens is 1. The molecule has 2 aromatic rings. The van der Waals surface area contributed by atoms with Crippen molar-refractivity contribution in [2.45, 2.75) is 25.9 Å². The molecule has 2 heterocycles. The summed E-state index contributed by atoms with van der Waals surface area (Å²) >= 11 is 0. The van der Waals surface area contributed by atoms with Crippen LogP contribution in [0.1, 0.15) is 33.7 Å². The lowest BCUT2D eigenvalue weighted by molar-refractivity contribution is -0.121. The average Bonchev–Trinajstić information content (AvgIpc) is 3.05. The molecule has 0 fully saturated rings. The number of rotatable bonds is 6. The molecule has 1 aliphatic rings. The molecule has 0 aliphatic carbocycles. The van der Waals surface area contributed by atoms with Crippen LogP contribution in [-0.4, -0.2) is 35.1 Å². The number of nitrogens with one attached hydrogen (secondary N) is 4. The maximum Gasteiger partial charge on any atom is 0.272 e. The molecule has 0 atom stereocenters. The lowest BCUT2D eigenvalue weighted by Gasteiger charge is -2.12. The molecule has 4 N–H and O–H groups in total. The van der Waals surface area contributed by atoms with Gasteiger partial charge in [0.15, 0.2) is 5.69 Å². The Morgan fingerprint density at radius 2 is 2.00 bits per heavy atom. The zero-order chi connectivity index (χ0) is 16.8. The van der Waals surface area contributed by atoms with Crippen LogP contribution in [0, 0.1) is 0 Å². The SMILES string of the molecule is O=C(CCNC(=O)c1n[nH]c2c1CNCC2)NCc1ccccc1. The Labute approximate surface area is 140 Å². The second-order valence-electron chi connectivity index (χ2n) is 5.72. The summed E-state index contributed by atoms with van der Waals surface area (Å²) in [6.07, 6.45) is 1.08. The molecule has 0 radical (unpaired) electrons. The van der Waals surface area contributed by atoms with Gasteiger partial charge in [-0.25, -0.2) is 0 Å². The number of hydrogen-bond donors (Lipinski definition) is 4. The van der Waals surface area contributed by atoms with Crippen LogP contribution >= 0.6 is 0 Å². The lowest BCUT2D eigenvalue weighted by atomic mass is 10.1. The third-order valence-electron chi connectivity index (χ3n) is 3.99. The van der Waals surface area contributed by atoms with Gasteiger partial charge in [0.05, 0.1) is 0 Å². The summed E-state index contributed by atoms with van der Waals surface area (Å²) in [5.41, 5.74) is 3.40. The van der Waals surface area contributed by atoms with Gasteiger partial charge in [-0.3, -0.25) is 14.7 Å². The van der Waals surface area contributed by atoms with Crippen LogP contribution in [-0.2, 0) is 24.3 Å². The fourth-order valence-electron chi connectivity index (χ4n) is 2.67. The Morgan fingerprint density at radius 3 is 2.83 bits per heavy atom. The van der Waals surface area contributed by atoms with Crippen molar-refractivity contribution in [2.75, 3.05) is 13.1 Å². The number of benzene rings is 1. The van der Waals surface area contributed by atoms with Gasteiger partial charge in [0, 0.05) is 50.3 Å². The third-order valence-corrected chi connectivity index (χ3v) is 3.99. The van der Waals surface area contributed by atoms with E-state index in [2.05, 4.69) is 26.1 Å². The standard InChI is InChI=1S/C17H21N5O2/c23-15(20-10-12-4-2-1-3-5-12)7-9-19-17(24)16-13-11-18-8-6-14(13)21-22-16/h1-5,18H,6-11H2,(H,19,24)(H,20,23)(H,21,22). The zero-order valence-corrected chi connectivity index (χ0v) is 13.4. The van der Waals surface area contributed by atoms with Gasteiger partial charge in [-0.2, -0.15) is 5.10 Å². The third kappa shape index (κ3) is 3.99. The number of carbonyl (C=O) groups is 2. The molecule has 3 rings (SSSR count). The second kappa shape index (κ2) is 7.74. The summed E-state index contributed by atoms with van der Waals surface area (Å²) in [6.45, 7) is 2.31. The Kier molecular flexibility index (Phi) is 5.22. The summed E-state index contributed by atoms with van der Waals surface area (Å²) in [7, 11) is 0. The number of aromatic nitrogens is 2. The minimum Gasteiger partial charge on any atom is -0.352 e. The molecule has 1 aromatic heterocycles. The smallest absolute Gasteiger partial charge is 0.272 e. The predicted molar refractivity (Wildman–Crippen MR) is 89.2 cm³/mol. The van der Waals surface area contributed by atoms with Crippen molar-refractivity contribution in [2.24, 2.45) is 0 Å². The molecule has 0 saturated carbocycles. The van der Waals surface area contributed by atoms with Crippen molar-refractivity contribution in [3.05, 3.63) is 52.8 Å². The molecule has 24 heavy (non-hydrogen) atoms. The fraction of sp³-hybridized carbons (Fsp3) is 0.353. The number of amides is 2. The number of hydrogen-bond acceptors (Lipinski definition) is 4. The first-order chi connectivity index (χ1) is 11.7. The largest absolute Gasteiger partial charge is 0.352 e. The molecular formula is C17H21N5O2. The Balaban J connectivity index is 1.42. The average molecular weight is 327 g/mol. The van der Waals surface area contributed by atoms with E-state index >= 15 is 0 Å². The number of aromatic amines is 1. The quantitative estimate of drug-likeness (QED) is 0.620. The maximum atomic E-state index is 12.2. The van der Waals surface area contributed by atoms with Crippen LogP contribution in [0.3, 0.4) is 0 Å². The van der Waals surface area contributed by atoms with E-state index in [9.17, 15) is 9.59 Å². The Bertz CT molecular complexity index is 711. The monoisotopic (exact) mass is 327 g/mol. The summed E-state index contributed by atoms with van der Waals surface area (Å²) in [4.78, 5) is 24.0. The fourth-order valence-corrected chi connectivity index (χ4v) is 2.67. The number of fused-ring (bicyclic) bond motifs is 1. The molecule has 0 bridgehead atoms. The molecule has 1 aliphatic heterocycles. The summed E-state index contributed by atoms with van der Waals surface area (Å²) in [5, 5.41) is 15.8. The van der Waals surface area contributed by atoms with Crippen molar-refractivity contribution in [1.82, 2.24) is 26.1 Å². The van der Waals surface area contributed by atoms with Gasteiger partial charge in [0.2, 0.25) is 5.91 Å². The van der Waals surface area contributed by atoms with Crippen molar-refractivity contribution >= 4 is 11.8 Å². The van der Waals surface area contributed by atoms with E-state index in [1.165, 1.54) is 0 Å². The van der Waals surface area contributed by atoms with Crippen molar-refractivity contribution in [3.8, 4) is 0 Å². The van der Waals surface area contributed by atoms with E-state index in [1.54, 1.807) is 0 Å². The van der Waals surface area contributed by atoms with Gasteiger partial charge < -0.3 is 16.0 Å². The van der Waals surface area contributed by atoms with Crippen LogP contribution in [0.2, 0.25) is 0 Å². The number of nitrogens with zero attached hydrogens (tertiary/aromatic N) is 1.